The van der Waals surface area contributed by atoms with E-state index in [1.807, 2.05) is 0 Å². The Bertz CT molecular complexity index is 686. The lowest BCUT2D eigenvalue weighted by Gasteiger charge is -2.18. The maximum absolute atomic E-state index is 11.9. The Labute approximate surface area is 149 Å². The molecule has 1 saturated heterocycles. The van der Waals surface area contributed by atoms with Crippen LogP contribution in [0.15, 0.2) is 17.1 Å². The van der Waals surface area contributed by atoms with Crippen molar-refractivity contribution < 1.29 is 34.4 Å². The summed E-state index contributed by atoms with van der Waals surface area (Å²) >= 11 is 0. The third kappa shape index (κ3) is 4.56. The molecular weight excluding hydrogens is 350 g/mol. The number of hydrogen-bond acceptors (Lipinski definition) is 10. The highest BCUT2D eigenvalue weighted by molar-refractivity contribution is 5.75. The van der Waals surface area contributed by atoms with Gasteiger partial charge in [0, 0.05) is 6.20 Å². The Hall–Kier alpha value is -2.05. The van der Waals surface area contributed by atoms with Gasteiger partial charge in [-0.1, -0.05) is 0 Å². The van der Waals surface area contributed by atoms with Crippen molar-refractivity contribution in [2.75, 3.05) is 18.9 Å². The highest BCUT2D eigenvalue weighted by Gasteiger charge is 2.44. The molecule has 0 saturated carbocycles. The number of hydrogen-bond donors (Lipinski definition) is 4. The van der Waals surface area contributed by atoms with E-state index in [2.05, 4.69) is 4.98 Å². The zero-order valence-electron chi connectivity index (χ0n) is 14.7. The van der Waals surface area contributed by atoms with E-state index in [9.17, 15) is 19.8 Å². The van der Waals surface area contributed by atoms with Gasteiger partial charge in [0.25, 0.3) is 0 Å². The highest BCUT2D eigenvalue weighted by atomic mass is 16.7. The minimum Gasteiger partial charge on any atom is -0.438 e. The standard InChI is InChI=1S/C15H23N3O8/c1-15(2,3)13(21)25-7-24-6-8-10(19)11(20)12(26-8)18-5-4-9(17-23)16-14(18)22/h4-5,8,10-12,19-20,23H,6-7H2,1-3H3,(H,16,17,22)/t8-,10-,11-,12-/m1/s1. The molecule has 1 aromatic rings. The summed E-state index contributed by atoms with van der Waals surface area (Å²) in [4.78, 5) is 27.0. The number of carbonyl (C=O) groups is 1. The van der Waals surface area contributed by atoms with Crippen LogP contribution in [-0.4, -0.2) is 62.7 Å². The van der Waals surface area contributed by atoms with E-state index in [0.29, 0.717) is 0 Å². The number of nitrogens with zero attached hydrogens (tertiary/aromatic N) is 2. The monoisotopic (exact) mass is 373 g/mol. The van der Waals surface area contributed by atoms with Crippen LogP contribution in [0.3, 0.4) is 0 Å². The first-order valence-electron chi connectivity index (χ1n) is 7.91. The molecule has 4 atom stereocenters. The first-order valence-corrected chi connectivity index (χ1v) is 7.91. The topological polar surface area (TPSA) is 152 Å². The lowest BCUT2D eigenvalue weighted by atomic mass is 9.98. The maximum Gasteiger partial charge on any atom is 0.351 e. The Morgan fingerprint density at radius 3 is 2.65 bits per heavy atom. The van der Waals surface area contributed by atoms with Crippen LogP contribution >= 0.6 is 0 Å². The van der Waals surface area contributed by atoms with Gasteiger partial charge in [0.15, 0.2) is 18.8 Å². The van der Waals surface area contributed by atoms with Crippen molar-refractivity contribution in [2.24, 2.45) is 5.41 Å². The van der Waals surface area contributed by atoms with Crippen molar-refractivity contribution in [2.45, 2.75) is 45.3 Å². The molecule has 1 aliphatic rings. The summed E-state index contributed by atoms with van der Waals surface area (Å²) in [6.07, 6.45) is -3.58. The summed E-state index contributed by atoms with van der Waals surface area (Å²) in [6, 6.07) is 1.29. The predicted molar refractivity (Wildman–Crippen MR) is 86.2 cm³/mol. The highest BCUT2D eigenvalue weighted by Crippen LogP contribution is 2.28. The zero-order valence-corrected chi connectivity index (χ0v) is 14.7. The third-order valence-electron chi connectivity index (χ3n) is 3.72. The van der Waals surface area contributed by atoms with Gasteiger partial charge in [0.2, 0.25) is 0 Å². The van der Waals surface area contributed by atoms with Crippen LogP contribution in [0.1, 0.15) is 27.0 Å². The minimum atomic E-state index is -1.40. The Morgan fingerprint density at radius 2 is 2.08 bits per heavy atom. The molecule has 2 rings (SSSR count). The van der Waals surface area contributed by atoms with Gasteiger partial charge in [0.1, 0.15) is 18.3 Å². The number of carbonyl (C=O) groups excluding carboxylic acids is 1. The molecule has 26 heavy (non-hydrogen) atoms. The fraction of sp³-hybridized carbons (Fsp3) is 0.667. The van der Waals surface area contributed by atoms with Crippen molar-refractivity contribution in [3.05, 3.63) is 22.7 Å². The summed E-state index contributed by atoms with van der Waals surface area (Å²) in [5.74, 6) is -0.515. The van der Waals surface area contributed by atoms with Gasteiger partial charge in [-0.2, -0.15) is 4.98 Å². The van der Waals surface area contributed by atoms with Gasteiger partial charge in [-0.05, 0) is 26.8 Å². The summed E-state index contributed by atoms with van der Waals surface area (Å²) < 4.78 is 16.6. The number of rotatable bonds is 6. The van der Waals surface area contributed by atoms with Crippen LogP contribution in [0.5, 0.6) is 0 Å². The normalized spacial score (nSPS) is 25.9. The molecule has 0 aliphatic carbocycles. The Kier molecular flexibility index (Phi) is 6.31. The molecule has 2 heterocycles. The van der Waals surface area contributed by atoms with Gasteiger partial charge >= 0.3 is 11.7 Å². The molecule has 1 aliphatic heterocycles. The van der Waals surface area contributed by atoms with Gasteiger partial charge in [-0.25, -0.2) is 4.79 Å². The fourth-order valence-corrected chi connectivity index (χ4v) is 2.24. The summed E-state index contributed by atoms with van der Waals surface area (Å²) in [6.45, 7) is 4.60. The Balaban J connectivity index is 1.93. The fourth-order valence-electron chi connectivity index (χ4n) is 2.24. The van der Waals surface area contributed by atoms with E-state index in [1.165, 1.54) is 12.3 Å². The SMILES string of the molecule is CC(C)(C)C(=O)OCOC[C@H]1O[C@@H](n2ccc(NO)nc2=O)[C@H](O)[C@@H]1O. The van der Waals surface area contributed by atoms with Gasteiger partial charge in [-0.15, -0.1) is 0 Å². The Morgan fingerprint density at radius 1 is 1.38 bits per heavy atom. The van der Waals surface area contributed by atoms with Crippen LogP contribution < -0.4 is 11.2 Å². The van der Waals surface area contributed by atoms with Crippen LogP contribution in [0, 0.1) is 5.41 Å². The first kappa shape index (κ1) is 20.3. The van der Waals surface area contributed by atoms with E-state index < -0.39 is 41.6 Å². The van der Waals surface area contributed by atoms with E-state index in [-0.39, 0.29) is 19.2 Å². The van der Waals surface area contributed by atoms with Gasteiger partial charge in [0.05, 0.1) is 12.0 Å². The molecule has 0 aromatic carbocycles. The predicted octanol–water partition coefficient (Wildman–Crippen LogP) is -0.773. The smallest absolute Gasteiger partial charge is 0.351 e. The molecule has 1 aromatic heterocycles. The first-order chi connectivity index (χ1) is 12.1. The largest absolute Gasteiger partial charge is 0.438 e. The molecule has 4 N–H and O–H groups in total. The second kappa shape index (κ2) is 8.10. The lowest BCUT2D eigenvalue weighted by Crippen LogP contribution is -2.36. The summed E-state index contributed by atoms with van der Waals surface area (Å²) in [5.41, 5.74) is 0.270. The van der Waals surface area contributed by atoms with Crippen molar-refractivity contribution in [1.29, 1.82) is 0 Å². The molecule has 11 heteroatoms. The third-order valence-corrected chi connectivity index (χ3v) is 3.72. The maximum atomic E-state index is 11.9. The quantitative estimate of drug-likeness (QED) is 0.216. The van der Waals surface area contributed by atoms with Crippen molar-refractivity contribution >= 4 is 11.8 Å². The molecule has 0 amide bonds. The number of aliphatic hydroxyl groups is 2. The summed E-state index contributed by atoms with van der Waals surface area (Å²) in [5, 5.41) is 28.9. The molecule has 0 spiro atoms. The van der Waals surface area contributed by atoms with E-state index in [0.717, 1.165) is 4.57 Å². The lowest BCUT2D eigenvalue weighted by molar-refractivity contribution is -0.170. The van der Waals surface area contributed by atoms with Crippen molar-refractivity contribution in [3.8, 4) is 0 Å². The molecule has 0 unspecified atom stereocenters. The number of aromatic nitrogens is 2. The second-order valence-electron chi connectivity index (χ2n) is 6.83. The number of nitrogens with one attached hydrogen (secondary N) is 1. The van der Waals surface area contributed by atoms with Crippen LogP contribution in [0.25, 0.3) is 0 Å². The molecule has 11 nitrogen and oxygen atoms in total. The molecule has 146 valence electrons. The van der Waals surface area contributed by atoms with Crippen molar-refractivity contribution in [3.63, 3.8) is 0 Å². The van der Waals surface area contributed by atoms with E-state index in [4.69, 9.17) is 19.4 Å². The average Bonchev–Trinajstić information content (AvgIpc) is 2.85. The number of aliphatic hydroxyl groups excluding tert-OH is 2. The molecule has 1 fully saturated rings. The van der Waals surface area contributed by atoms with Gasteiger partial charge < -0.3 is 24.4 Å². The van der Waals surface area contributed by atoms with Gasteiger partial charge in [-0.3, -0.25) is 20.0 Å². The second-order valence-corrected chi connectivity index (χ2v) is 6.83. The van der Waals surface area contributed by atoms with E-state index in [1.54, 1.807) is 26.3 Å². The molecule has 0 bridgehead atoms. The average molecular weight is 373 g/mol. The number of esters is 1. The number of ether oxygens (including phenoxy) is 3. The zero-order chi connectivity index (χ0) is 19.5. The van der Waals surface area contributed by atoms with Crippen LogP contribution in [-0.2, 0) is 19.0 Å². The van der Waals surface area contributed by atoms with Crippen LogP contribution in [0.2, 0.25) is 0 Å². The minimum absolute atomic E-state index is 0.0696. The number of anilines is 1. The summed E-state index contributed by atoms with van der Waals surface area (Å²) in [7, 11) is 0. The van der Waals surface area contributed by atoms with Crippen molar-refractivity contribution in [1.82, 2.24) is 9.55 Å². The molecule has 0 radical (unpaired) electrons. The van der Waals surface area contributed by atoms with Crippen LogP contribution in [0.4, 0.5) is 5.82 Å². The molecular formula is C15H23N3O8. The van der Waals surface area contributed by atoms with E-state index >= 15 is 0 Å².